The lowest BCUT2D eigenvalue weighted by Crippen LogP contribution is -2.51. The lowest BCUT2D eigenvalue weighted by molar-refractivity contribution is 0.0696. The topological polar surface area (TPSA) is 61.6 Å². The zero-order valence-corrected chi connectivity index (χ0v) is 12.4. The fourth-order valence-corrected chi connectivity index (χ4v) is 3.80. The number of hydrogen-bond acceptors (Lipinski definition) is 4. The smallest absolute Gasteiger partial charge is 0.342 e. The minimum atomic E-state index is -0.927. The Balaban J connectivity index is 1.92. The number of anilines is 1. The zero-order valence-electron chi connectivity index (χ0n) is 10.8. The van der Waals surface area contributed by atoms with Gasteiger partial charge in [-0.05, 0) is 35.3 Å². The van der Waals surface area contributed by atoms with Gasteiger partial charge in [-0.15, -0.1) is 0 Å². The summed E-state index contributed by atoms with van der Waals surface area (Å²) >= 11 is 3.24. The molecule has 1 aromatic rings. The van der Waals surface area contributed by atoms with Crippen molar-refractivity contribution in [3.05, 3.63) is 10.2 Å². The summed E-state index contributed by atoms with van der Waals surface area (Å²) in [5.41, 5.74) is 0.272. The SMILES string of the molecule is Cn1nc(Br)c(C(=O)O)c1N1CCN2CCC[C@@H]2C1. The highest BCUT2D eigenvalue weighted by atomic mass is 79.9. The summed E-state index contributed by atoms with van der Waals surface area (Å²) in [5, 5.41) is 13.5. The van der Waals surface area contributed by atoms with Gasteiger partial charge in [0.15, 0.2) is 0 Å². The van der Waals surface area contributed by atoms with E-state index in [1.54, 1.807) is 11.7 Å². The molecule has 0 unspecified atom stereocenters. The number of aryl methyl sites for hydroxylation is 1. The standard InChI is InChI=1S/C12H17BrN4O2/c1-15-11(9(12(18)19)10(13)14-15)17-6-5-16-4-2-3-8(16)7-17/h8H,2-7H2,1H3,(H,18,19)/t8-/m1/s1. The second-order valence-corrected chi connectivity index (χ2v) is 5.95. The van der Waals surface area contributed by atoms with Gasteiger partial charge >= 0.3 is 5.97 Å². The van der Waals surface area contributed by atoms with Gasteiger partial charge < -0.3 is 10.0 Å². The van der Waals surface area contributed by atoms with Crippen LogP contribution in [0.25, 0.3) is 0 Å². The number of rotatable bonds is 2. The van der Waals surface area contributed by atoms with E-state index in [0.29, 0.717) is 16.5 Å². The number of fused-ring (bicyclic) bond motifs is 1. The predicted octanol–water partition coefficient (Wildman–Crippen LogP) is 1.17. The van der Waals surface area contributed by atoms with Crippen LogP contribution < -0.4 is 4.90 Å². The average molecular weight is 329 g/mol. The van der Waals surface area contributed by atoms with Crippen LogP contribution in [0.5, 0.6) is 0 Å². The summed E-state index contributed by atoms with van der Waals surface area (Å²) < 4.78 is 2.07. The van der Waals surface area contributed by atoms with E-state index < -0.39 is 5.97 Å². The first-order chi connectivity index (χ1) is 9.08. The molecule has 2 aliphatic heterocycles. The Morgan fingerprint density at radius 3 is 2.95 bits per heavy atom. The van der Waals surface area contributed by atoms with Crippen LogP contribution in [-0.4, -0.2) is 58.0 Å². The molecule has 2 saturated heterocycles. The summed E-state index contributed by atoms with van der Waals surface area (Å²) in [7, 11) is 1.80. The monoisotopic (exact) mass is 328 g/mol. The molecule has 0 radical (unpaired) electrons. The van der Waals surface area contributed by atoms with Crippen LogP contribution in [-0.2, 0) is 7.05 Å². The summed E-state index contributed by atoms with van der Waals surface area (Å²) in [6.07, 6.45) is 2.46. The Labute approximate surface area is 120 Å². The van der Waals surface area contributed by atoms with Crippen molar-refractivity contribution in [2.45, 2.75) is 18.9 Å². The van der Waals surface area contributed by atoms with E-state index in [4.69, 9.17) is 0 Å². The molecule has 104 valence electrons. The largest absolute Gasteiger partial charge is 0.477 e. The molecule has 2 fully saturated rings. The number of aromatic carboxylic acids is 1. The highest BCUT2D eigenvalue weighted by Crippen LogP contribution is 2.31. The van der Waals surface area contributed by atoms with Gasteiger partial charge in [0.05, 0.1) is 0 Å². The van der Waals surface area contributed by atoms with Crippen LogP contribution in [0.15, 0.2) is 4.60 Å². The molecule has 2 aliphatic rings. The quantitative estimate of drug-likeness (QED) is 0.882. The third-order valence-corrected chi connectivity index (χ3v) is 4.63. The van der Waals surface area contributed by atoms with E-state index >= 15 is 0 Å². The van der Waals surface area contributed by atoms with Crippen LogP contribution in [0.2, 0.25) is 0 Å². The van der Waals surface area contributed by atoms with Gasteiger partial charge in [-0.2, -0.15) is 5.10 Å². The minimum absolute atomic E-state index is 0.272. The van der Waals surface area contributed by atoms with Gasteiger partial charge in [-0.3, -0.25) is 9.58 Å². The molecule has 7 heteroatoms. The Kier molecular flexibility index (Phi) is 3.26. The van der Waals surface area contributed by atoms with Crippen molar-refractivity contribution in [2.75, 3.05) is 31.1 Å². The summed E-state index contributed by atoms with van der Waals surface area (Å²) in [6, 6.07) is 0.559. The van der Waals surface area contributed by atoms with Crippen molar-refractivity contribution in [1.29, 1.82) is 0 Å². The first-order valence-corrected chi connectivity index (χ1v) is 7.32. The minimum Gasteiger partial charge on any atom is -0.477 e. The summed E-state index contributed by atoms with van der Waals surface area (Å²) in [6.45, 7) is 3.95. The van der Waals surface area contributed by atoms with E-state index in [-0.39, 0.29) is 5.56 Å². The van der Waals surface area contributed by atoms with Crippen molar-refractivity contribution in [1.82, 2.24) is 14.7 Å². The molecule has 19 heavy (non-hydrogen) atoms. The van der Waals surface area contributed by atoms with Crippen molar-refractivity contribution >= 4 is 27.7 Å². The number of aromatic nitrogens is 2. The van der Waals surface area contributed by atoms with Crippen LogP contribution in [0.3, 0.4) is 0 Å². The van der Waals surface area contributed by atoms with Crippen molar-refractivity contribution in [2.24, 2.45) is 7.05 Å². The first-order valence-electron chi connectivity index (χ1n) is 6.52. The molecular weight excluding hydrogens is 312 g/mol. The van der Waals surface area contributed by atoms with E-state index in [1.807, 2.05) is 0 Å². The van der Waals surface area contributed by atoms with Gasteiger partial charge in [-0.25, -0.2) is 4.79 Å². The molecule has 0 saturated carbocycles. The summed E-state index contributed by atoms with van der Waals surface area (Å²) in [4.78, 5) is 16.1. The Bertz CT molecular complexity index is 516. The zero-order chi connectivity index (χ0) is 13.6. The van der Waals surface area contributed by atoms with Gasteiger partial charge in [0.1, 0.15) is 16.0 Å². The number of nitrogens with zero attached hydrogens (tertiary/aromatic N) is 4. The number of halogens is 1. The second kappa shape index (κ2) is 4.79. The Hall–Kier alpha value is -1.08. The average Bonchev–Trinajstić information content (AvgIpc) is 2.91. The van der Waals surface area contributed by atoms with Gasteiger partial charge in [0.2, 0.25) is 0 Å². The third-order valence-electron chi connectivity index (χ3n) is 4.07. The Morgan fingerprint density at radius 2 is 2.21 bits per heavy atom. The van der Waals surface area contributed by atoms with E-state index in [0.717, 1.165) is 19.6 Å². The maximum Gasteiger partial charge on any atom is 0.342 e. The number of carboxylic acid groups (broad SMARTS) is 1. The number of carboxylic acids is 1. The first kappa shape index (κ1) is 12.9. The molecule has 1 aromatic heterocycles. The molecule has 6 nitrogen and oxygen atoms in total. The van der Waals surface area contributed by atoms with Crippen LogP contribution >= 0.6 is 15.9 Å². The molecule has 0 amide bonds. The maximum absolute atomic E-state index is 11.4. The highest BCUT2D eigenvalue weighted by molar-refractivity contribution is 9.10. The van der Waals surface area contributed by atoms with E-state index in [1.165, 1.54) is 19.4 Å². The normalized spacial score (nSPS) is 23.7. The second-order valence-electron chi connectivity index (χ2n) is 5.20. The van der Waals surface area contributed by atoms with Gasteiger partial charge in [-0.1, -0.05) is 0 Å². The van der Waals surface area contributed by atoms with Crippen LogP contribution in [0.1, 0.15) is 23.2 Å². The molecule has 0 aliphatic carbocycles. The van der Waals surface area contributed by atoms with Crippen LogP contribution in [0, 0.1) is 0 Å². The summed E-state index contributed by atoms with van der Waals surface area (Å²) in [5.74, 6) is -0.213. The van der Waals surface area contributed by atoms with E-state index in [2.05, 4.69) is 30.8 Å². The van der Waals surface area contributed by atoms with Gasteiger partial charge in [0, 0.05) is 32.7 Å². The van der Waals surface area contributed by atoms with E-state index in [9.17, 15) is 9.90 Å². The molecule has 0 spiro atoms. The molecule has 0 bridgehead atoms. The molecule has 0 aromatic carbocycles. The molecule has 1 atom stereocenters. The fourth-order valence-electron chi connectivity index (χ4n) is 3.21. The molecule has 1 N–H and O–H groups in total. The maximum atomic E-state index is 11.4. The molecule has 3 heterocycles. The van der Waals surface area contributed by atoms with Crippen molar-refractivity contribution in [3.63, 3.8) is 0 Å². The van der Waals surface area contributed by atoms with Crippen molar-refractivity contribution in [3.8, 4) is 0 Å². The van der Waals surface area contributed by atoms with Crippen molar-refractivity contribution < 1.29 is 9.90 Å². The van der Waals surface area contributed by atoms with Crippen LogP contribution in [0.4, 0.5) is 5.82 Å². The lowest BCUT2D eigenvalue weighted by Gasteiger charge is -2.38. The number of hydrogen-bond donors (Lipinski definition) is 1. The molecule has 3 rings (SSSR count). The number of piperazine rings is 1. The Morgan fingerprint density at radius 1 is 1.42 bits per heavy atom. The number of carbonyl (C=O) groups is 1. The highest BCUT2D eigenvalue weighted by Gasteiger charge is 2.34. The fraction of sp³-hybridized carbons (Fsp3) is 0.667. The lowest BCUT2D eigenvalue weighted by atomic mass is 10.1. The molecular formula is C12H17BrN4O2. The van der Waals surface area contributed by atoms with Gasteiger partial charge in [0.25, 0.3) is 0 Å². The third kappa shape index (κ3) is 2.14. The predicted molar refractivity (Wildman–Crippen MR) is 74.7 cm³/mol.